The molecule has 12 heavy (non-hydrogen) atoms. The maximum absolute atomic E-state index is 10.6. The Morgan fingerprint density at radius 2 is 1.67 bits per heavy atom. The van der Waals surface area contributed by atoms with E-state index >= 15 is 0 Å². The first-order valence-electron chi connectivity index (χ1n) is 4.43. The normalized spacial score (nSPS) is 25.1. The molecule has 0 unspecified atom stereocenters. The highest BCUT2D eigenvalue weighted by atomic mass is 16.5. The molecule has 0 heterocycles. The van der Waals surface area contributed by atoms with E-state index in [1.165, 1.54) is 6.92 Å². The lowest BCUT2D eigenvalue weighted by atomic mass is 10.0. The smallest absolute Gasteiger partial charge is 0.302 e. The monoisotopic (exact) mass is 170 g/mol. The fourth-order valence-electron chi connectivity index (χ4n) is 1.95. The van der Waals surface area contributed by atoms with Crippen molar-refractivity contribution in [2.24, 2.45) is 16.7 Å². The summed E-state index contributed by atoms with van der Waals surface area (Å²) >= 11 is 0. The van der Waals surface area contributed by atoms with Gasteiger partial charge in [-0.15, -0.1) is 0 Å². The highest BCUT2D eigenvalue weighted by Crippen LogP contribution is 2.68. The summed E-state index contributed by atoms with van der Waals surface area (Å²) in [6, 6.07) is 0. The number of hydrogen-bond acceptors (Lipinski definition) is 2. The van der Waals surface area contributed by atoms with Gasteiger partial charge in [0.15, 0.2) is 0 Å². The van der Waals surface area contributed by atoms with Crippen molar-refractivity contribution in [3.63, 3.8) is 0 Å². The summed E-state index contributed by atoms with van der Waals surface area (Å²) in [5.74, 6) is 0.349. The van der Waals surface area contributed by atoms with Crippen molar-refractivity contribution < 1.29 is 9.53 Å². The Labute approximate surface area is 74.3 Å². The number of carbonyl (C=O) groups excluding carboxylic acids is 1. The second kappa shape index (κ2) is 2.48. The number of hydrogen-bond donors (Lipinski definition) is 0. The van der Waals surface area contributed by atoms with Gasteiger partial charge in [0, 0.05) is 12.8 Å². The van der Waals surface area contributed by atoms with Crippen LogP contribution in [0, 0.1) is 16.7 Å². The zero-order valence-electron chi connectivity index (χ0n) is 8.60. The molecule has 0 saturated heterocycles. The first kappa shape index (κ1) is 9.56. The van der Waals surface area contributed by atoms with Crippen LogP contribution in [0.1, 0.15) is 34.6 Å². The third-order valence-corrected chi connectivity index (χ3v) is 3.77. The van der Waals surface area contributed by atoms with Crippen LogP contribution in [-0.2, 0) is 9.53 Å². The van der Waals surface area contributed by atoms with Gasteiger partial charge in [-0.25, -0.2) is 0 Å². The maximum Gasteiger partial charge on any atom is 0.302 e. The standard InChI is InChI=1S/C10H18O2/c1-7(11)12-6-8-9(2,3)10(8,4)5/h8H,6H2,1-5H3. The number of esters is 1. The molecule has 0 spiro atoms. The van der Waals surface area contributed by atoms with Crippen LogP contribution in [0.2, 0.25) is 0 Å². The Morgan fingerprint density at radius 1 is 1.25 bits per heavy atom. The van der Waals surface area contributed by atoms with E-state index in [2.05, 4.69) is 27.7 Å². The molecule has 1 rings (SSSR count). The van der Waals surface area contributed by atoms with Crippen molar-refractivity contribution in [1.82, 2.24) is 0 Å². The zero-order valence-corrected chi connectivity index (χ0v) is 8.60. The van der Waals surface area contributed by atoms with Crippen LogP contribution in [0.4, 0.5) is 0 Å². The van der Waals surface area contributed by atoms with E-state index in [4.69, 9.17) is 4.74 Å². The third kappa shape index (κ3) is 1.23. The summed E-state index contributed by atoms with van der Waals surface area (Å²) in [6.07, 6.45) is 0. The van der Waals surface area contributed by atoms with Gasteiger partial charge in [-0.1, -0.05) is 27.7 Å². The van der Waals surface area contributed by atoms with Crippen LogP contribution in [0.15, 0.2) is 0 Å². The van der Waals surface area contributed by atoms with Crippen molar-refractivity contribution in [1.29, 1.82) is 0 Å². The first-order chi connectivity index (χ1) is 5.30. The van der Waals surface area contributed by atoms with Crippen LogP contribution >= 0.6 is 0 Å². The molecule has 0 atom stereocenters. The fourth-order valence-corrected chi connectivity index (χ4v) is 1.95. The quantitative estimate of drug-likeness (QED) is 0.594. The Hall–Kier alpha value is -0.530. The molecule has 1 aliphatic carbocycles. The van der Waals surface area contributed by atoms with E-state index in [-0.39, 0.29) is 5.97 Å². The van der Waals surface area contributed by atoms with Gasteiger partial charge in [-0.3, -0.25) is 4.79 Å². The van der Waals surface area contributed by atoms with Crippen LogP contribution in [0.3, 0.4) is 0 Å². The molecule has 0 aromatic rings. The second-order valence-corrected chi connectivity index (χ2v) is 4.80. The molecule has 1 saturated carbocycles. The average Bonchev–Trinajstić information content (AvgIpc) is 2.21. The lowest BCUT2D eigenvalue weighted by molar-refractivity contribution is -0.141. The van der Waals surface area contributed by atoms with Gasteiger partial charge < -0.3 is 4.74 Å². The van der Waals surface area contributed by atoms with Crippen molar-refractivity contribution in [3.05, 3.63) is 0 Å². The highest BCUT2D eigenvalue weighted by molar-refractivity contribution is 5.65. The molecule has 0 N–H and O–H groups in total. The predicted octanol–water partition coefficient (Wildman–Crippen LogP) is 2.23. The molecule has 70 valence electrons. The van der Waals surface area contributed by atoms with Crippen molar-refractivity contribution in [3.8, 4) is 0 Å². The van der Waals surface area contributed by atoms with Crippen LogP contribution in [0.5, 0.6) is 0 Å². The van der Waals surface area contributed by atoms with Gasteiger partial charge >= 0.3 is 5.97 Å². The summed E-state index contributed by atoms with van der Waals surface area (Å²) in [7, 11) is 0. The molecule has 2 nitrogen and oxygen atoms in total. The molecule has 0 bridgehead atoms. The number of ether oxygens (including phenoxy) is 1. The summed E-state index contributed by atoms with van der Waals surface area (Å²) < 4.78 is 5.00. The van der Waals surface area contributed by atoms with E-state index in [1.807, 2.05) is 0 Å². The molecule has 0 amide bonds. The lowest BCUT2D eigenvalue weighted by Crippen LogP contribution is -2.05. The second-order valence-electron chi connectivity index (χ2n) is 4.80. The maximum atomic E-state index is 10.6. The molecule has 0 aromatic carbocycles. The SMILES string of the molecule is CC(=O)OCC1C(C)(C)C1(C)C. The molecule has 0 aliphatic heterocycles. The zero-order chi connectivity index (χ0) is 9.57. The molecule has 0 radical (unpaired) electrons. The van der Waals surface area contributed by atoms with Crippen molar-refractivity contribution in [2.45, 2.75) is 34.6 Å². The number of rotatable bonds is 2. The molecule has 1 fully saturated rings. The molecule has 0 aromatic heterocycles. The average molecular weight is 170 g/mol. The Bertz CT molecular complexity index is 190. The summed E-state index contributed by atoms with van der Waals surface area (Å²) in [5, 5.41) is 0. The van der Waals surface area contributed by atoms with Gasteiger partial charge in [-0.05, 0) is 10.8 Å². The largest absolute Gasteiger partial charge is 0.466 e. The highest BCUT2D eigenvalue weighted by Gasteiger charge is 2.64. The summed E-state index contributed by atoms with van der Waals surface area (Å²) in [5.41, 5.74) is 0.644. The number of carbonyl (C=O) groups is 1. The van der Waals surface area contributed by atoms with E-state index in [1.54, 1.807) is 0 Å². The van der Waals surface area contributed by atoms with Gasteiger partial charge in [0.05, 0.1) is 6.61 Å². The molecular weight excluding hydrogens is 152 g/mol. The van der Waals surface area contributed by atoms with Gasteiger partial charge in [0.1, 0.15) is 0 Å². The third-order valence-electron chi connectivity index (χ3n) is 3.77. The summed E-state index contributed by atoms with van der Waals surface area (Å²) in [4.78, 5) is 10.6. The molecule has 2 heteroatoms. The van der Waals surface area contributed by atoms with Crippen LogP contribution in [0.25, 0.3) is 0 Å². The topological polar surface area (TPSA) is 26.3 Å². The predicted molar refractivity (Wildman–Crippen MR) is 47.7 cm³/mol. The van der Waals surface area contributed by atoms with E-state index in [9.17, 15) is 4.79 Å². The fraction of sp³-hybridized carbons (Fsp3) is 0.900. The minimum absolute atomic E-state index is 0.173. The van der Waals surface area contributed by atoms with E-state index in [0.717, 1.165) is 0 Å². The van der Waals surface area contributed by atoms with Gasteiger partial charge in [0.2, 0.25) is 0 Å². The Balaban J connectivity index is 2.44. The van der Waals surface area contributed by atoms with Gasteiger partial charge in [-0.2, -0.15) is 0 Å². The molecule has 1 aliphatic rings. The van der Waals surface area contributed by atoms with Crippen molar-refractivity contribution in [2.75, 3.05) is 6.61 Å². The summed E-state index contributed by atoms with van der Waals surface area (Å²) in [6.45, 7) is 10.9. The van der Waals surface area contributed by atoms with Crippen molar-refractivity contribution >= 4 is 5.97 Å². The Kier molecular flexibility index (Phi) is 1.97. The first-order valence-corrected chi connectivity index (χ1v) is 4.43. The van der Waals surface area contributed by atoms with Gasteiger partial charge in [0.25, 0.3) is 0 Å². The van der Waals surface area contributed by atoms with Crippen LogP contribution in [-0.4, -0.2) is 12.6 Å². The van der Waals surface area contributed by atoms with E-state index in [0.29, 0.717) is 23.4 Å². The van der Waals surface area contributed by atoms with Crippen LogP contribution < -0.4 is 0 Å². The molecular formula is C10H18O2. The minimum atomic E-state index is -0.173. The Morgan fingerprint density at radius 3 is 1.92 bits per heavy atom. The lowest BCUT2D eigenvalue weighted by Gasteiger charge is -2.03. The minimum Gasteiger partial charge on any atom is -0.466 e. The van der Waals surface area contributed by atoms with E-state index < -0.39 is 0 Å².